The van der Waals surface area contributed by atoms with E-state index in [4.69, 9.17) is 14.2 Å². The molecule has 2 aliphatic heterocycles. The zero-order valence-electron chi connectivity index (χ0n) is 9.34. The van der Waals surface area contributed by atoms with Crippen molar-refractivity contribution in [3.05, 3.63) is 0 Å². The fourth-order valence-corrected chi connectivity index (χ4v) is 1.85. The van der Waals surface area contributed by atoms with Gasteiger partial charge in [-0.2, -0.15) is 0 Å². The lowest BCUT2D eigenvalue weighted by atomic mass is 9.85. The van der Waals surface area contributed by atoms with E-state index in [1.165, 1.54) is 0 Å². The van der Waals surface area contributed by atoms with Crippen LogP contribution in [0.1, 0.15) is 27.2 Å². The van der Waals surface area contributed by atoms with Gasteiger partial charge in [0.25, 0.3) is 0 Å². The third kappa shape index (κ3) is 3.23. The second-order valence-corrected chi connectivity index (χ2v) is 5.68. The van der Waals surface area contributed by atoms with Crippen LogP contribution in [0, 0.1) is 5.41 Å². The molecule has 2 heterocycles. The highest BCUT2D eigenvalue weighted by Crippen LogP contribution is 2.39. The zero-order chi connectivity index (χ0) is 10.2. The van der Waals surface area contributed by atoms with Crippen LogP contribution in [-0.2, 0) is 14.2 Å². The van der Waals surface area contributed by atoms with Crippen LogP contribution in [-0.4, -0.2) is 38.1 Å². The third-order valence-electron chi connectivity index (χ3n) is 2.48. The Balaban J connectivity index is 1.67. The van der Waals surface area contributed by atoms with Gasteiger partial charge in [-0.3, -0.25) is 0 Å². The summed E-state index contributed by atoms with van der Waals surface area (Å²) in [5.41, 5.74) is 0.336. The zero-order valence-corrected chi connectivity index (χ0v) is 9.34. The summed E-state index contributed by atoms with van der Waals surface area (Å²) in [6, 6.07) is 0. The van der Waals surface area contributed by atoms with Crippen molar-refractivity contribution in [2.45, 2.75) is 38.9 Å². The first-order chi connectivity index (χ1) is 6.49. The Bertz CT molecular complexity index is 199. The molecule has 2 atom stereocenters. The Hall–Kier alpha value is -0.120. The monoisotopic (exact) mass is 200 g/mol. The van der Waals surface area contributed by atoms with E-state index in [1.807, 2.05) is 0 Å². The Morgan fingerprint density at radius 3 is 2.50 bits per heavy atom. The Labute approximate surface area is 85.7 Å². The van der Waals surface area contributed by atoms with Gasteiger partial charge in [-0.15, -0.1) is 0 Å². The van der Waals surface area contributed by atoms with Crippen LogP contribution in [0.4, 0.5) is 0 Å². The van der Waals surface area contributed by atoms with E-state index in [0.29, 0.717) is 11.5 Å². The van der Waals surface area contributed by atoms with Crippen molar-refractivity contribution in [1.29, 1.82) is 0 Å². The second kappa shape index (κ2) is 3.47. The van der Waals surface area contributed by atoms with Crippen LogP contribution in [0.3, 0.4) is 0 Å². The summed E-state index contributed by atoms with van der Waals surface area (Å²) in [5.74, 6) is 0. The Kier molecular flexibility index (Phi) is 2.58. The summed E-state index contributed by atoms with van der Waals surface area (Å²) < 4.78 is 16.2. The molecule has 0 aromatic heterocycles. The number of rotatable bonds is 5. The van der Waals surface area contributed by atoms with E-state index < -0.39 is 0 Å². The van der Waals surface area contributed by atoms with Crippen LogP contribution in [0.5, 0.6) is 0 Å². The van der Waals surface area contributed by atoms with Crippen LogP contribution in [0.2, 0.25) is 0 Å². The maximum atomic E-state index is 5.58. The first-order valence-electron chi connectivity index (χ1n) is 5.33. The molecule has 2 rings (SSSR count). The molecule has 14 heavy (non-hydrogen) atoms. The molecule has 0 bridgehead atoms. The predicted molar refractivity (Wildman–Crippen MR) is 53.3 cm³/mol. The molecular weight excluding hydrogens is 180 g/mol. The lowest BCUT2D eigenvalue weighted by molar-refractivity contribution is 0.0517. The largest absolute Gasteiger partial charge is 0.376 e. The van der Waals surface area contributed by atoms with Gasteiger partial charge < -0.3 is 14.2 Å². The molecule has 3 nitrogen and oxygen atoms in total. The molecule has 0 spiro atoms. The molecule has 0 saturated carbocycles. The highest BCUT2D eigenvalue weighted by Gasteiger charge is 2.47. The lowest BCUT2D eigenvalue weighted by Gasteiger charge is -2.23. The van der Waals surface area contributed by atoms with Gasteiger partial charge in [-0.25, -0.2) is 0 Å². The molecular formula is C11H20O3. The lowest BCUT2D eigenvalue weighted by Crippen LogP contribution is -2.27. The summed E-state index contributed by atoms with van der Waals surface area (Å²) in [6.45, 7) is 9.89. The second-order valence-electron chi connectivity index (χ2n) is 5.68. The van der Waals surface area contributed by atoms with Crippen LogP contribution in [0.25, 0.3) is 0 Å². The van der Waals surface area contributed by atoms with Gasteiger partial charge in [0.15, 0.2) is 0 Å². The van der Waals surface area contributed by atoms with Crippen molar-refractivity contribution < 1.29 is 14.2 Å². The molecule has 0 N–H and O–H groups in total. The van der Waals surface area contributed by atoms with Gasteiger partial charge in [0.2, 0.25) is 0 Å². The summed E-state index contributed by atoms with van der Waals surface area (Å²) in [7, 11) is 0. The van der Waals surface area contributed by atoms with Gasteiger partial charge in [-0.1, -0.05) is 20.8 Å². The van der Waals surface area contributed by atoms with Gasteiger partial charge >= 0.3 is 0 Å². The number of hydrogen-bond donors (Lipinski definition) is 0. The molecule has 0 aliphatic carbocycles. The number of epoxide rings is 2. The fraction of sp³-hybridized carbons (Fsp3) is 1.00. The molecule has 0 amide bonds. The van der Waals surface area contributed by atoms with Crippen molar-refractivity contribution in [2.75, 3.05) is 26.4 Å². The minimum atomic E-state index is 0.0210. The van der Waals surface area contributed by atoms with Crippen molar-refractivity contribution in [2.24, 2.45) is 5.41 Å². The molecule has 2 aliphatic rings. The molecule has 3 heteroatoms. The van der Waals surface area contributed by atoms with Crippen molar-refractivity contribution in [1.82, 2.24) is 0 Å². The van der Waals surface area contributed by atoms with Gasteiger partial charge in [0.05, 0.1) is 26.4 Å². The highest BCUT2D eigenvalue weighted by molar-refractivity contribution is 4.95. The summed E-state index contributed by atoms with van der Waals surface area (Å²) >= 11 is 0. The van der Waals surface area contributed by atoms with Gasteiger partial charge in [0.1, 0.15) is 11.7 Å². The average Bonchev–Trinajstić information content (AvgIpc) is 2.84. The average molecular weight is 200 g/mol. The third-order valence-corrected chi connectivity index (χ3v) is 2.48. The fourth-order valence-electron chi connectivity index (χ4n) is 1.85. The Morgan fingerprint density at radius 2 is 2.07 bits per heavy atom. The van der Waals surface area contributed by atoms with Gasteiger partial charge in [0, 0.05) is 0 Å². The van der Waals surface area contributed by atoms with Gasteiger partial charge in [-0.05, 0) is 11.8 Å². The molecule has 0 aromatic carbocycles. The summed E-state index contributed by atoms with van der Waals surface area (Å²) in [4.78, 5) is 0. The van der Waals surface area contributed by atoms with Crippen molar-refractivity contribution in [3.8, 4) is 0 Å². The maximum Gasteiger partial charge on any atom is 0.115 e. The minimum Gasteiger partial charge on any atom is -0.376 e. The summed E-state index contributed by atoms with van der Waals surface area (Å²) in [5, 5.41) is 0. The highest BCUT2D eigenvalue weighted by atomic mass is 16.6. The first kappa shape index (κ1) is 10.4. The molecule has 82 valence electrons. The first-order valence-corrected chi connectivity index (χ1v) is 5.33. The van der Waals surface area contributed by atoms with Crippen LogP contribution < -0.4 is 0 Å². The number of hydrogen-bond acceptors (Lipinski definition) is 3. The quantitative estimate of drug-likeness (QED) is 0.632. The number of ether oxygens (including phenoxy) is 3. The smallest absolute Gasteiger partial charge is 0.115 e. The normalized spacial score (nSPS) is 35.8. The molecule has 2 fully saturated rings. The molecule has 2 saturated heterocycles. The van der Waals surface area contributed by atoms with E-state index >= 15 is 0 Å². The predicted octanol–water partition coefficient (Wildman–Crippen LogP) is 1.61. The van der Waals surface area contributed by atoms with Crippen LogP contribution in [0.15, 0.2) is 0 Å². The van der Waals surface area contributed by atoms with Crippen molar-refractivity contribution >= 4 is 0 Å². The van der Waals surface area contributed by atoms with Crippen molar-refractivity contribution in [3.63, 3.8) is 0 Å². The maximum absolute atomic E-state index is 5.58. The van der Waals surface area contributed by atoms with E-state index in [1.54, 1.807) is 0 Å². The molecule has 0 aromatic rings. The Morgan fingerprint density at radius 1 is 1.43 bits per heavy atom. The molecule has 1 unspecified atom stereocenters. The van der Waals surface area contributed by atoms with Crippen LogP contribution >= 0.6 is 0 Å². The van der Waals surface area contributed by atoms with E-state index in [9.17, 15) is 0 Å². The SMILES string of the molecule is CC(C)(C)C[C@@]1(COCC2CO2)CO1. The standard InChI is InChI=1S/C11H20O3/c1-10(2,3)6-11(8-14-11)7-12-4-9-5-13-9/h9H,4-8H2,1-3H3/t9?,11-/m1/s1. The van der Waals surface area contributed by atoms with E-state index in [0.717, 1.165) is 32.8 Å². The van der Waals surface area contributed by atoms with E-state index in [-0.39, 0.29) is 5.60 Å². The topological polar surface area (TPSA) is 34.3 Å². The minimum absolute atomic E-state index is 0.0210. The summed E-state index contributed by atoms with van der Waals surface area (Å²) in [6.07, 6.45) is 1.44. The molecule has 0 radical (unpaired) electrons. The van der Waals surface area contributed by atoms with E-state index in [2.05, 4.69) is 20.8 Å².